The highest BCUT2D eigenvalue weighted by molar-refractivity contribution is 5.87. The van der Waals surface area contributed by atoms with Gasteiger partial charge >= 0.3 is 0 Å². The van der Waals surface area contributed by atoms with E-state index in [2.05, 4.69) is 5.16 Å². The molecule has 2 heteroatoms. The van der Waals surface area contributed by atoms with Crippen LogP contribution in [-0.2, 0) is 4.84 Å². The number of oxime groups is 1. The fraction of sp³-hybridized carbons (Fsp3) is 0.909. The second-order valence-corrected chi connectivity index (χ2v) is 4.31. The van der Waals surface area contributed by atoms with Crippen LogP contribution in [0.5, 0.6) is 0 Å². The van der Waals surface area contributed by atoms with Crippen molar-refractivity contribution in [2.24, 2.45) is 17.0 Å². The molecule has 0 spiro atoms. The van der Waals surface area contributed by atoms with E-state index in [1.807, 2.05) is 0 Å². The third-order valence-corrected chi connectivity index (χ3v) is 3.55. The maximum absolute atomic E-state index is 4.92. The summed E-state index contributed by atoms with van der Waals surface area (Å²) in [6.07, 6.45) is 9.53. The zero-order valence-corrected chi connectivity index (χ0v) is 8.46. The molecule has 0 bridgehead atoms. The minimum absolute atomic E-state index is 0.766. The van der Waals surface area contributed by atoms with Gasteiger partial charge in [-0.1, -0.05) is 18.0 Å². The summed E-state index contributed by atoms with van der Waals surface area (Å²) in [4.78, 5) is 4.92. The van der Waals surface area contributed by atoms with Crippen molar-refractivity contribution in [2.45, 2.75) is 44.9 Å². The van der Waals surface area contributed by atoms with Gasteiger partial charge in [-0.25, -0.2) is 0 Å². The minimum Gasteiger partial charge on any atom is -0.399 e. The second kappa shape index (κ2) is 4.12. The van der Waals surface area contributed by atoms with Crippen LogP contribution in [-0.4, -0.2) is 12.8 Å². The van der Waals surface area contributed by atoms with Crippen molar-refractivity contribution in [2.75, 3.05) is 7.11 Å². The van der Waals surface area contributed by atoms with E-state index in [0.29, 0.717) is 0 Å². The van der Waals surface area contributed by atoms with E-state index in [4.69, 9.17) is 4.84 Å². The smallest absolute Gasteiger partial charge is 0.106 e. The zero-order chi connectivity index (χ0) is 9.10. The van der Waals surface area contributed by atoms with Gasteiger partial charge in [-0.2, -0.15) is 0 Å². The normalized spacial score (nSPS) is 37.2. The number of nitrogens with zero attached hydrogens (tertiary/aromatic N) is 1. The van der Waals surface area contributed by atoms with Gasteiger partial charge in [0.2, 0.25) is 0 Å². The summed E-state index contributed by atoms with van der Waals surface area (Å²) in [6, 6.07) is 0. The highest BCUT2D eigenvalue weighted by Crippen LogP contribution is 2.38. The Labute approximate surface area is 80.3 Å². The molecule has 0 saturated heterocycles. The van der Waals surface area contributed by atoms with Crippen molar-refractivity contribution in [3.8, 4) is 0 Å². The van der Waals surface area contributed by atoms with Gasteiger partial charge in [0.05, 0.1) is 5.71 Å². The van der Waals surface area contributed by atoms with Crippen molar-refractivity contribution < 1.29 is 4.84 Å². The van der Waals surface area contributed by atoms with Gasteiger partial charge in [0, 0.05) is 5.92 Å². The molecule has 2 aliphatic rings. The first-order valence-corrected chi connectivity index (χ1v) is 5.51. The molecule has 2 fully saturated rings. The maximum atomic E-state index is 4.92. The maximum Gasteiger partial charge on any atom is 0.106 e. The summed E-state index contributed by atoms with van der Waals surface area (Å²) < 4.78 is 0. The van der Waals surface area contributed by atoms with Crippen LogP contribution in [0.3, 0.4) is 0 Å². The first-order chi connectivity index (χ1) is 6.42. The first kappa shape index (κ1) is 9.04. The summed E-state index contributed by atoms with van der Waals surface area (Å²) >= 11 is 0. The highest BCUT2D eigenvalue weighted by Gasteiger charge is 2.32. The molecule has 74 valence electrons. The predicted molar refractivity (Wildman–Crippen MR) is 53.7 cm³/mol. The molecule has 0 aliphatic heterocycles. The molecule has 2 unspecified atom stereocenters. The van der Waals surface area contributed by atoms with Gasteiger partial charge in [-0.05, 0) is 38.0 Å². The third kappa shape index (κ3) is 1.87. The van der Waals surface area contributed by atoms with E-state index in [1.165, 1.54) is 50.7 Å². The second-order valence-electron chi connectivity index (χ2n) is 4.31. The Bertz CT molecular complexity index is 198. The van der Waals surface area contributed by atoms with Crippen LogP contribution < -0.4 is 0 Å². The molecule has 0 aromatic heterocycles. The van der Waals surface area contributed by atoms with E-state index in [0.717, 1.165) is 11.8 Å². The van der Waals surface area contributed by atoms with E-state index >= 15 is 0 Å². The van der Waals surface area contributed by atoms with Gasteiger partial charge in [-0.3, -0.25) is 0 Å². The van der Waals surface area contributed by atoms with E-state index in [9.17, 15) is 0 Å². The van der Waals surface area contributed by atoms with E-state index < -0.39 is 0 Å². The fourth-order valence-corrected chi connectivity index (χ4v) is 2.95. The average molecular weight is 181 g/mol. The van der Waals surface area contributed by atoms with Gasteiger partial charge < -0.3 is 4.84 Å². The van der Waals surface area contributed by atoms with Crippen molar-refractivity contribution in [3.63, 3.8) is 0 Å². The molecule has 0 amide bonds. The van der Waals surface area contributed by atoms with Crippen LogP contribution in [0.25, 0.3) is 0 Å². The van der Waals surface area contributed by atoms with Gasteiger partial charge in [0.25, 0.3) is 0 Å². The van der Waals surface area contributed by atoms with E-state index in [1.54, 1.807) is 7.11 Å². The molecule has 13 heavy (non-hydrogen) atoms. The number of rotatable bonds is 1. The largest absolute Gasteiger partial charge is 0.399 e. The van der Waals surface area contributed by atoms with Gasteiger partial charge in [0.15, 0.2) is 0 Å². The molecule has 2 saturated carbocycles. The lowest BCUT2D eigenvalue weighted by atomic mass is 9.70. The molecular weight excluding hydrogens is 162 g/mol. The standard InChI is InChI=1S/C11H19NO/c1-13-12-11-8-4-6-9-5-2-3-7-10(9)11/h9-10H,2-8H2,1H3. The quantitative estimate of drug-likeness (QED) is 0.570. The Hall–Kier alpha value is -0.530. The van der Waals surface area contributed by atoms with Gasteiger partial charge in [0.1, 0.15) is 7.11 Å². The monoisotopic (exact) mass is 181 g/mol. The van der Waals surface area contributed by atoms with Crippen molar-refractivity contribution >= 4 is 5.71 Å². The topological polar surface area (TPSA) is 21.6 Å². The molecule has 0 radical (unpaired) electrons. The Kier molecular flexibility index (Phi) is 2.87. The Morgan fingerprint density at radius 3 is 2.77 bits per heavy atom. The first-order valence-electron chi connectivity index (χ1n) is 5.51. The lowest BCUT2D eigenvalue weighted by Gasteiger charge is -2.35. The fourth-order valence-electron chi connectivity index (χ4n) is 2.95. The van der Waals surface area contributed by atoms with Crippen LogP contribution in [0.1, 0.15) is 44.9 Å². The summed E-state index contributed by atoms with van der Waals surface area (Å²) in [6.45, 7) is 0. The van der Waals surface area contributed by atoms with Crippen molar-refractivity contribution in [1.29, 1.82) is 0 Å². The summed E-state index contributed by atoms with van der Waals surface area (Å²) in [5.41, 5.74) is 1.35. The molecular formula is C11H19NO. The highest BCUT2D eigenvalue weighted by atomic mass is 16.6. The molecule has 0 aromatic rings. The average Bonchev–Trinajstić information content (AvgIpc) is 2.19. The van der Waals surface area contributed by atoms with Crippen LogP contribution in [0.2, 0.25) is 0 Å². The molecule has 0 heterocycles. The number of hydrogen-bond acceptors (Lipinski definition) is 2. The summed E-state index contributed by atoms with van der Waals surface area (Å²) in [7, 11) is 1.67. The SMILES string of the molecule is CON=C1CCCC2CCCCC12. The molecule has 0 N–H and O–H groups in total. The number of fused-ring (bicyclic) bond motifs is 1. The van der Waals surface area contributed by atoms with Crippen molar-refractivity contribution in [1.82, 2.24) is 0 Å². The molecule has 2 nitrogen and oxygen atoms in total. The lowest BCUT2D eigenvalue weighted by molar-refractivity contribution is 0.195. The molecule has 2 atom stereocenters. The van der Waals surface area contributed by atoms with Crippen LogP contribution in [0.15, 0.2) is 5.16 Å². The minimum atomic E-state index is 0.766. The Morgan fingerprint density at radius 1 is 1.15 bits per heavy atom. The number of hydrogen-bond donors (Lipinski definition) is 0. The summed E-state index contributed by atoms with van der Waals surface area (Å²) in [5, 5.41) is 4.18. The van der Waals surface area contributed by atoms with Crippen LogP contribution >= 0.6 is 0 Å². The lowest BCUT2D eigenvalue weighted by Crippen LogP contribution is -2.31. The summed E-state index contributed by atoms with van der Waals surface area (Å²) in [5.74, 6) is 1.69. The van der Waals surface area contributed by atoms with Crippen LogP contribution in [0, 0.1) is 11.8 Å². The zero-order valence-electron chi connectivity index (χ0n) is 8.46. The Morgan fingerprint density at radius 2 is 1.92 bits per heavy atom. The molecule has 2 aliphatic carbocycles. The Balaban J connectivity index is 2.06. The molecule has 0 aromatic carbocycles. The molecule has 2 rings (SSSR count). The van der Waals surface area contributed by atoms with Crippen molar-refractivity contribution in [3.05, 3.63) is 0 Å². The van der Waals surface area contributed by atoms with Crippen LogP contribution in [0.4, 0.5) is 0 Å². The predicted octanol–water partition coefficient (Wildman–Crippen LogP) is 2.98. The van der Waals surface area contributed by atoms with E-state index in [-0.39, 0.29) is 0 Å². The third-order valence-electron chi connectivity index (χ3n) is 3.55. The van der Waals surface area contributed by atoms with Gasteiger partial charge in [-0.15, -0.1) is 0 Å².